The molecule has 2 aliphatic rings. The largest absolute Gasteiger partial charge is 0.378 e. The van der Waals surface area contributed by atoms with Crippen molar-refractivity contribution in [3.8, 4) is 0 Å². The summed E-state index contributed by atoms with van der Waals surface area (Å²) in [4.78, 5) is 27.6. The Morgan fingerprint density at radius 2 is 1.58 bits per heavy atom. The number of amides is 3. The zero-order chi connectivity index (χ0) is 21.5. The van der Waals surface area contributed by atoms with Gasteiger partial charge in [0.2, 0.25) is 5.91 Å². The minimum Gasteiger partial charge on any atom is -0.378 e. The molecule has 1 heterocycles. The van der Waals surface area contributed by atoms with Gasteiger partial charge in [-0.15, -0.1) is 0 Å². The monoisotopic (exact) mass is 421 g/mol. The lowest BCUT2D eigenvalue weighted by Crippen LogP contribution is -2.50. The molecule has 31 heavy (non-hydrogen) atoms. The van der Waals surface area contributed by atoms with E-state index >= 15 is 0 Å². The van der Waals surface area contributed by atoms with Crippen LogP contribution in [0.2, 0.25) is 0 Å². The van der Waals surface area contributed by atoms with Crippen LogP contribution in [0.3, 0.4) is 0 Å². The van der Waals surface area contributed by atoms with Gasteiger partial charge in [-0.1, -0.05) is 67.1 Å². The Morgan fingerprint density at radius 3 is 2.19 bits per heavy atom. The number of urea groups is 1. The van der Waals surface area contributed by atoms with Gasteiger partial charge in [-0.25, -0.2) is 4.79 Å². The smallest absolute Gasteiger partial charge is 0.314 e. The van der Waals surface area contributed by atoms with E-state index < -0.39 is 5.92 Å². The molecule has 1 aliphatic heterocycles. The number of hydrogen-bond acceptors (Lipinski definition) is 3. The second kappa shape index (κ2) is 9.96. The Morgan fingerprint density at radius 1 is 0.935 bits per heavy atom. The fraction of sp³-hybridized carbons (Fsp3) is 0.440. The van der Waals surface area contributed by atoms with Crippen molar-refractivity contribution in [3.05, 3.63) is 71.8 Å². The Bertz CT molecular complexity index is 862. The summed E-state index contributed by atoms with van der Waals surface area (Å²) in [5.74, 6) is -0.369. The van der Waals surface area contributed by atoms with Crippen molar-refractivity contribution in [1.82, 2.24) is 15.5 Å². The van der Waals surface area contributed by atoms with E-state index in [0.29, 0.717) is 32.8 Å². The molecule has 1 unspecified atom stereocenters. The number of carbonyl (C=O) groups excluding carboxylic acids is 2. The van der Waals surface area contributed by atoms with E-state index in [4.69, 9.17) is 4.74 Å². The lowest BCUT2D eigenvalue weighted by Gasteiger charge is -2.42. The second-order valence-corrected chi connectivity index (χ2v) is 8.46. The average molecular weight is 422 g/mol. The van der Waals surface area contributed by atoms with E-state index in [2.05, 4.69) is 34.9 Å². The Kier molecular flexibility index (Phi) is 6.87. The third-order valence-corrected chi connectivity index (χ3v) is 6.57. The summed E-state index contributed by atoms with van der Waals surface area (Å²) in [5.41, 5.74) is 2.23. The van der Waals surface area contributed by atoms with Crippen LogP contribution in [0.25, 0.3) is 0 Å². The van der Waals surface area contributed by atoms with Crippen LogP contribution >= 0.6 is 0 Å². The number of rotatable bonds is 7. The summed E-state index contributed by atoms with van der Waals surface area (Å²) in [6, 6.07) is 19.9. The average Bonchev–Trinajstić information content (AvgIpc) is 2.80. The van der Waals surface area contributed by atoms with Crippen molar-refractivity contribution in [2.75, 3.05) is 39.4 Å². The van der Waals surface area contributed by atoms with Gasteiger partial charge in [-0.3, -0.25) is 4.79 Å². The third-order valence-electron chi connectivity index (χ3n) is 6.57. The van der Waals surface area contributed by atoms with Gasteiger partial charge >= 0.3 is 6.03 Å². The zero-order valence-corrected chi connectivity index (χ0v) is 17.9. The third kappa shape index (κ3) is 5.07. The van der Waals surface area contributed by atoms with E-state index in [1.807, 2.05) is 41.3 Å². The second-order valence-electron chi connectivity index (χ2n) is 8.46. The van der Waals surface area contributed by atoms with E-state index in [9.17, 15) is 9.59 Å². The topological polar surface area (TPSA) is 70.7 Å². The molecule has 1 saturated carbocycles. The van der Waals surface area contributed by atoms with Crippen molar-refractivity contribution in [2.45, 2.75) is 30.6 Å². The molecular formula is C25H31N3O3. The van der Waals surface area contributed by atoms with Crippen LogP contribution in [0, 0.1) is 0 Å². The van der Waals surface area contributed by atoms with Crippen molar-refractivity contribution in [3.63, 3.8) is 0 Å². The number of hydrogen-bond donors (Lipinski definition) is 2. The molecule has 0 aromatic heterocycles. The summed E-state index contributed by atoms with van der Waals surface area (Å²) in [6.07, 6.45) is 3.35. The van der Waals surface area contributed by atoms with Gasteiger partial charge in [0.1, 0.15) is 0 Å². The van der Waals surface area contributed by atoms with Crippen molar-refractivity contribution >= 4 is 11.9 Å². The van der Waals surface area contributed by atoms with Gasteiger partial charge in [-0.05, 0) is 24.0 Å². The molecule has 6 nitrogen and oxygen atoms in total. The molecule has 2 N–H and O–H groups in total. The molecule has 1 saturated heterocycles. The quantitative estimate of drug-likeness (QED) is 0.722. The summed E-state index contributed by atoms with van der Waals surface area (Å²) >= 11 is 0. The van der Waals surface area contributed by atoms with Crippen LogP contribution in [0.1, 0.15) is 36.3 Å². The number of ether oxygens (including phenoxy) is 1. The molecule has 2 aromatic carbocycles. The molecule has 3 amide bonds. The lowest BCUT2D eigenvalue weighted by atomic mass is 9.64. The van der Waals surface area contributed by atoms with E-state index in [-0.39, 0.29) is 23.9 Å². The molecule has 2 aromatic rings. The fourth-order valence-corrected chi connectivity index (χ4v) is 4.51. The molecule has 6 heteroatoms. The van der Waals surface area contributed by atoms with Crippen molar-refractivity contribution < 1.29 is 14.3 Å². The normalized spacial score (nSPS) is 18.5. The Labute approximate surface area is 184 Å². The van der Waals surface area contributed by atoms with Crippen LogP contribution in [-0.4, -0.2) is 56.2 Å². The summed E-state index contributed by atoms with van der Waals surface area (Å²) in [5, 5.41) is 6.00. The van der Waals surface area contributed by atoms with Gasteiger partial charge in [0.05, 0.1) is 19.1 Å². The Balaban J connectivity index is 1.36. The predicted octanol–water partition coefficient (Wildman–Crippen LogP) is 3.05. The summed E-state index contributed by atoms with van der Waals surface area (Å²) in [7, 11) is 0. The molecule has 1 aliphatic carbocycles. The fourth-order valence-electron chi connectivity index (χ4n) is 4.51. The number of nitrogens with zero attached hydrogens (tertiary/aromatic N) is 1. The highest BCUT2D eigenvalue weighted by Crippen LogP contribution is 2.43. The minimum atomic E-state index is -0.406. The molecule has 2 fully saturated rings. The highest BCUT2D eigenvalue weighted by molar-refractivity contribution is 5.85. The summed E-state index contributed by atoms with van der Waals surface area (Å²) in [6.45, 7) is 3.17. The Hall–Kier alpha value is -2.86. The molecule has 0 spiro atoms. The van der Waals surface area contributed by atoms with Crippen molar-refractivity contribution in [1.29, 1.82) is 0 Å². The maximum absolute atomic E-state index is 13.2. The first-order chi connectivity index (χ1) is 15.2. The molecule has 0 bridgehead atoms. The number of nitrogens with one attached hydrogen (secondary N) is 2. The standard InChI is InChI=1S/C25H31N3O3/c29-23(28-14-16-31-17-15-28)22(20-8-3-1-4-9-20)18-26-24(30)27-19-25(12-7-13-25)21-10-5-2-6-11-21/h1-6,8-11,22H,7,12-19H2,(H2,26,27,30). The maximum Gasteiger partial charge on any atom is 0.314 e. The van der Waals surface area contributed by atoms with Crippen LogP contribution in [-0.2, 0) is 14.9 Å². The van der Waals surface area contributed by atoms with Gasteiger partial charge in [0.15, 0.2) is 0 Å². The summed E-state index contributed by atoms with van der Waals surface area (Å²) < 4.78 is 5.38. The first-order valence-corrected chi connectivity index (χ1v) is 11.2. The molecular weight excluding hydrogens is 390 g/mol. The zero-order valence-electron chi connectivity index (χ0n) is 17.9. The number of carbonyl (C=O) groups is 2. The van der Waals surface area contributed by atoms with Crippen molar-refractivity contribution in [2.24, 2.45) is 0 Å². The molecule has 0 radical (unpaired) electrons. The molecule has 1 atom stereocenters. The van der Waals surface area contributed by atoms with Gasteiger partial charge < -0.3 is 20.3 Å². The van der Waals surface area contributed by atoms with E-state index in [1.165, 1.54) is 12.0 Å². The molecule has 4 rings (SSSR count). The predicted molar refractivity (Wildman–Crippen MR) is 120 cm³/mol. The molecule has 164 valence electrons. The SMILES string of the molecule is O=C(NCC(C(=O)N1CCOCC1)c1ccccc1)NCC1(c2ccccc2)CCC1. The van der Waals surface area contributed by atoms with Gasteiger partial charge in [0, 0.05) is 31.6 Å². The maximum atomic E-state index is 13.2. The lowest BCUT2D eigenvalue weighted by molar-refractivity contribution is -0.136. The van der Waals surface area contributed by atoms with Crippen LogP contribution in [0.5, 0.6) is 0 Å². The number of morpholine rings is 1. The van der Waals surface area contributed by atoms with Gasteiger partial charge in [-0.2, -0.15) is 0 Å². The van der Waals surface area contributed by atoms with Gasteiger partial charge in [0.25, 0.3) is 0 Å². The highest BCUT2D eigenvalue weighted by atomic mass is 16.5. The van der Waals surface area contributed by atoms with Crippen LogP contribution < -0.4 is 10.6 Å². The van der Waals surface area contributed by atoms with E-state index in [0.717, 1.165) is 18.4 Å². The first-order valence-electron chi connectivity index (χ1n) is 11.2. The minimum absolute atomic E-state index is 0.0288. The first kappa shape index (κ1) is 21.4. The van der Waals surface area contributed by atoms with E-state index in [1.54, 1.807) is 0 Å². The number of benzene rings is 2. The highest BCUT2D eigenvalue weighted by Gasteiger charge is 2.38. The van der Waals surface area contributed by atoms with Crippen LogP contribution in [0.4, 0.5) is 4.79 Å². The van der Waals surface area contributed by atoms with Crippen LogP contribution in [0.15, 0.2) is 60.7 Å².